The highest BCUT2D eigenvalue weighted by Crippen LogP contribution is 2.77. The van der Waals surface area contributed by atoms with Gasteiger partial charge in [-0.15, -0.1) is 0 Å². The summed E-state index contributed by atoms with van der Waals surface area (Å²) in [6, 6.07) is 0. The van der Waals surface area contributed by atoms with Crippen molar-refractivity contribution in [2.75, 3.05) is 0 Å². The summed E-state index contributed by atoms with van der Waals surface area (Å²) in [4.78, 5) is 0. The van der Waals surface area contributed by atoms with Crippen LogP contribution in [0.3, 0.4) is 0 Å². The van der Waals surface area contributed by atoms with Gasteiger partial charge in [-0.1, -0.05) is 20.8 Å². The first-order valence-electron chi connectivity index (χ1n) is 7.09. The summed E-state index contributed by atoms with van der Waals surface area (Å²) in [5.41, 5.74) is 1.44. The largest absolute Gasteiger partial charge is 0.366 e. The topological polar surface area (TPSA) is 12.5 Å². The number of hydrogen-bond acceptors (Lipinski definition) is 1. The summed E-state index contributed by atoms with van der Waals surface area (Å²) >= 11 is 0. The summed E-state index contributed by atoms with van der Waals surface area (Å²) in [5.74, 6) is 2.75. The first-order valence-corrected chi connectivity index (χ1v) is 7.09. The summed E-state index contributed by atoms with van der Waals surface area (Å²) in [6.45, 7) is 9.93. The molecule has 1 aliphatic heterocycles. The number of rotatable bonds is 0. The van der Waals surface area contributed by atoms with E-state index in [-0.39, 0.29) is 5.60 Å². The van der Waals surface area contributed by atoms with Gasteiger partial charge in [0.15, 0.2) is 0 Å². The Morgan fingerprint density at radius 1 is 1.00 bits per heavy atom. The van der Waals surface area contributed by atoms with Crippen molar-refractivity contribution in [3.05, 3.63) is 0 Å². The monoisotopic (exact) mass is 220 g/mol. The lowest BCUT2D eigenvalue weighted by atomic mass is 9.66. The molecule has 1 heteroatoms. The molecule has 0 N–H and O–H groups in total. The van der Waals surface area contributed by atoms with Crippen LogP contribution in [0.4, 0.5) is 0 Å². The molecule has 0 radical (unpaired) electrons. The second kappa shape index (κ2) is 2.39. The molecular formula is C15H24O. The molecule has 0 aromatic carbocycles. The molecule has 4 aliphatic rings. The van der Waals surface area contributed by atoms with Crippen LogP contribution in [-0.2, 0) is 4.74 Å². The van der Waals surface area contributed by atoms with Gasteiger partial charge >= 0.3 is 0 Å². The Balaban J connectivity index is 1.85. The van der Waals surface area contributed by atoms with Crippen LogP contribution in [0.1, 0.15) is 53.4 Å². The van der Waals surface area contributed by atoms with E-state index in [9.17, 15) is 0 Å². The van der Waals surface area contributed by atoms with Crippen LogP contribution >= 0.6 is 0 Å². The minimum absolute atomic E-state index is 0.263. The van der Waals surface area contributed by atoms with Gasteiger partial charge in [-0.2, -0.15) is 0 Å². The van der Waals surface area contributed by atoms with Crippen LogP contribution in [0.5, 0.6) is 0 Å². The van der Waals surface area contributed by atoms with Gasteiger partial charge < -0.3 is 4.74 Å². The maximum absolute atomic E-state index is 6.09. The SMILES string of the molecule is C[C@@H]1CCC2C(C)(C)[C@H]3C[C@]21C[C@@H]1O[C@@]13C. The highest BCUT2D eigenvalue weighted by Gasteiger charge is 2.76. The number of ether oxygens (including phenoxy) is 1. The van der Waals surface area contributed by atoms with Crippen LogP contribution in [0.2, 0.25) is 0 Å². The molecule has 1 heterocycles. The van der Waals surface area contributed by atoms with Crippen molar-refractivity contribution in [3.63, 3.8) is 0 Å². The standard InChI is InChI=1S/C15H24O/c1-9-5-6-10-13(2,3)11-7-15(9,10)8-12-14(11,4)16-12/h9-12H,5-8H2,1-4H3/t9-,10?,11-,12+,14-,15-/m1/s1. The third-order valence-electron chi connectivity index (χ3n) is 7.18. The molecule has 0 aromatic rings. The lowest BCUT2D eigenvalue weighted by Crippen LogP contribution is -2.36. The average Bonchev–Trinajstić information content (AvgIpc) is 2.67. The average molecular weight is 220 g/mol. The molecule has 4 fully saturated rings. The predicted molar refractivity (Wildman–Crippen MR) is 64.1 cm³/mol. The van der Waals surface area contributed by atoms with Crippen molar-refractivity contribution in [3.8, 4) is 0 Å². The summed E-state index contributed by atoms with van der Waals surface area (Å²) < 4.78 is 6.09. The molecule has 1 nitrogen and oxygen atoms in total. The number of hydrogen-bond donors (Lipinski definition) is 0. The van der Waals surface area contributed by atoms with E-state index in [4.69, 9.17) is 4.74 Å². The lowest BCUT2D eigenvalue weighted by Gasteiger charge is -2.37. The van der Waals surface area contributed by atoms with Crippen LogP contribution in [0.25, 0.3) is 0 Å². The van der Waals surface area contributed by atoms with Gasteiger partial charge in [-0.05, 0) is 61.2 Å². The van der Waals surface area contributed by atoms with Crippen LogP contribution in [0.15, 0.2) is 0 Å². The Bertz CT molecular complexity index is 356. The fourth-order valence-corrected chi connectivity index (χ4v) is 6.21. The second-order valence-electron chi connectivity index (χ2n) is 7.84. The van der Waals surface area contributed by atoms with E-state index >= 15 is 0 Å². The third kappa shape index (κ3) is 0.805. The van der Waals surface area contributed by atoms with Crippen molar-refractivity contribution in [2.45, 2.75) is 65.1 Å². The van der Waals surface area contributed by atoms with Gasteiger partial charge in [-0.3, -0.25) is 0 Å². The van der Waals surface area contributed by atoms with E-state index in [1.807, 2.05) is 0 Å². The lowest BCUT2D eigenvalue weighted by molar-refractivity contribution is 0.0866. The molecule has 1 spiro atoms. The molecule has 3 aliphatic carbocycles. The zero-order chi connectivity index (χ0) is 11.3. The van der Waals surface area contributed by atoms with Crippen LogP contribution in [-0.4, -0.2) is 11.7 Å². The minimum Gasteiger partial charge on any atom is -0.366 e. The highest BCUT2D eigenvalue weighted by molar-refractivity contribution is 5.24. The molecule has 1 unspecified atom stereocenters. The van der Waals surface area contributed by atoms with Crippen molar-refractivity contribution in [2.24, 2.45) is 28.6 Å². The molecule has 0 aromatic heterocycles. The van der Waals surface area contributed by atoms with Crippen molar-refractivity contribution in [1.82, 2.24) is 0 Å². The Labute approximate surface area is 98.9 Å². The van der Waals surface area contributed by atoms with Gasteiger partial charge in [0.2, 0.25) is 0 Å². The Morgan fingerprint density at radius 2 is 1.75 bits per heavy atom. The van der Waals surface area contributed by atoms with Gasteiger partial charge in [0, 0.05) is 0 Å². The number of fused-ring (bicyclic) bond motifs is 3. The molecular weight excluding hydrogens is 196 g/mol. The third-order valence-corrected chi connectivity index (χ3v) is 7.18. The quantitative estimate of drug-likeness (QED) is 0.568. The Hall–Kier alpha value is -0.0400. The predicted octanol–water partition coefficient (Wildman–Crippen LogP) is 3.63. The first kappa shape index (κ1) is 9.94. The molecule has 1 saturated heterocycles. The van der Waals surface area contributed by atoms with Crippen molar-refractivity contribution >= 4 is 0 Å². The van der Waals surface area contributed by atoms with E-state index in [0.717, 1.165) is 17.8 Å². The fourth-order valence-electron chi connectivity index (χ4n) is 6.21. The van der Waals surface area contributed by atoms with Gasteiger partial charge in [0.05, 0.1) is 11.7 Å². The molecule has 2 bridgehead atoms. The Kier molecular flexibility index (Phi) is 1.48. The van der Waals surface area contributed by atoms with Gasteiger partial charge in [0.25, 0.3) is 0 Å². The van der Waals surface area contributed by atoms with Crippen LogP contribution < -0.4 is 0 Å². The summed E-state index contributed by atoms with van der Waals surface area (Å²) in [5, 5.41) is 0. The zero-order valence-corrected chi connectivity index (χ0v) is 11.0. The van der Waals surface area contributed by atoms with E-state index in [1.165, 1.54) is 25.7 Å². The second-order valence-corrected chi connectivity index (χ2v) is 7.84. The zero-order valence-electron chi connectivity index (χ0n) is 11.0. The van der Waals surface area contributed by atoms with Gasteiger partial charge in [0.1, 0.15) is 0 Å². The van der Waals surface area contributed by atoms with E-state index in [0.29, 0.717) is 16.9 Å². The maximum Gasteiger partial charge on any atom is 0.0954 e. The molecule has 16 heavy (non-hydrogen) atoms. The van der Waals surface area contributed by atoms with E-state index < -0.39 is 0 Å². The smallest absolute Gasteiger partial charge is 0.0954 e. The van der Waals surface area contributed by atoms with Crippen molar-refractivity contribution in [1.29, 1.82) is 0 Å². The van der Waals surface area contributed by atoms with Crippen molar-refractivity contribution < 1.29 is 4.74 Å². The first-order chi connectivity index (χ1) is 7.41. The van der Waals surface area contributed by atoms with Crippen LogP contribution in [0, 0.1) is 28.6 Å². The molecule has 3 saturated carbocycles. The summed E-state index contributed by atoms with van der Waals surface area (Å²) in [7, 11) is 0. The molecule has 90 valence electrons. The fraction of sp³-hybridized carbons (Fsp3) is 1.00. The summed E-state index contributed by atoms with van der Waals surface area (Å²) in [6.07, 6.45) is 6.38. The normalized spacial score (nSPS) is 65.2. The molecule has 6 atom stereocenters. The maximum atomic E-state index is 6.09. The molecule has 4 rings (SSSR count). The minimum atomic E-state index is 0.263. The highest BCUT2D eigenvalue weighted by atomic mass is 16.6. The number of epoxide rings is 1. The van der Waals surface area contributed by atoms with E-state index in [2.05, 4.69) is 27.7 Å². The van der Waals surface area contributed by atoms with E-state index in [1.54, 1.807) is 0 Å². The van der Waals surface area contributed by atoms with Gasteiger partial charge in [-0.25, -0.2) is 0 Å². The molecule has 0 amide bonds. The Morgan fingerprint density at radius 3 is 2.50 bits per heavy atom.